The van der Waals surface area contributed by atoms with Gasteiger partial charge in [-0.15, -0.1) is 0 Å². The molecule has 0 aliphatic carbocycles. The molecule has 0 aliphatic rings. The lowest BCUT2D eigenvalue weighted by Crippen LogP contribution is -2.40. The quantitative estimate of drug-likeness (QED) is 0.619. The summed E-state index contributed by atoms with van der Waals surface area (Å²) in [6, 6.07) is 3.47. The smallest absolute Gasteiger partial charge is 0.416 e. The topological polar surface area (TPSA) is 130 Å². The van der Waals surface area contributed by atoms with Crippen LogP contribution in [0.25, 0.3) is 0 Å². The number of halogens is 3. The molecule has 0 saturated heterocycles. The van der Waals surface area contributed by atoms with Gasteiger partial charge < -0.3 is 20.8 Å². The van der Waals surface area contributed by atoms with E-state index in [0.29, 0.717) is 0 Å². The summed E-state index contributed by atoms with van der Waals surface area (Å²) in [5.41, 5.74) is 2.02. The largest absolute Gasteiger partial charge is 0.491 e. The van der Waals surface area contributed by atoms with Crippen LogP contribution in [0.2, 0.25) is 0 Å². The first-order valence-electron chi connectivity index (χ1n) is 7.31. The van der Waals surface area contributed by atoms with Gasteiger partial charge in [0, 0.05) is 0 Å². The van der Waals surface area contributed by atoms with Crippen LogP contribution in [0.3, 0.4) is 0 Å². The van der Waals surface area contributed by atoms with Gasteiger partial charge in [-0.25, -0.2) is 4.79 Å². The third-order valence-electron chi connectivity index (χ3n) is 3.27. The van der Waals surface area contributed by atoms with Crippen molar-refractivity contribution in [2.45, 2.75) is 19.1 Å². The van der Waals surface area contributed by atoms with Crippen molar-refractivity contribution in [3.05, 3.63) is 56.4 Å². The number of carbonyl (C=O) groups is 1. The fraction of sp³-hybridized carbons (Fsp3) is 0.267. The fourth-order valence-electron chi connectivity index (χ4n) is 1.97. The van der Waals surface area contributed by atoms with Gasteiger partial charge in [-0.3, -0.25) is 14.6 Å². The van der Waals surface area contributed by atoms with Crippen LogP contribution < -0.4 is 27.0 Å². The molecule has 1 heterocycles. The molecule has 2 aromatic rings. The van der Waals surface area contributed by atoms with Crippen molar-refractivity contribution in [1.29, 1.82) is 0 Å². The van der Waals surface area contributed by atoms with Gasteiger partial charge in [-0.1, -0.05) is 0 Å². The summed E-state index contributed by atoms with van der Waals surface area (Å²) >= 11 is 0. The van der Waals surface area contributed by atoms with Gasteiger partial charge in [0.05, 0.1) is 11.6 Å². The second-order valence-corrected chi connectivity index (χ2v) is 5.40. The zero-order chi connectivity index (χ0) is 19.5. The van der Waals surface area contributed by atoms with E-state index in [-0.39, 0.29) is 18.1 Å². The lowest BCUT2D eigenvalue weighted by molar-refractivity contribution is -0.137. The third-order valence-corrected chi connectivity index (χ3v) is 3.27. The normalized spacial score (nSPS) is 12.5. The van der Waals surface area contributed by atoms with E-state index in [4.69, 9.17) is 10.5 Å². The number of alkyl halides is 3. The molecule has 1 amide bonds. The van der Waals surface area contributed by atoms with Crippen molar-refractivity contribution in [2.24, 2.45) is 0 Å². The zero-order valence-electron chi connectivity index (χ0n) is 13.4. The fourth-order valence-corrected chi connectivity index (χ4v) is 1.97. The number of nitrogen functional groups attached to an aromatic ring is 1. The Kier molecular flexibility index (Phi) is 5.38. The second-order valence-electron chi connectivity index (χ2n) is 5.40. The van der Waals surface area contributed by atoms with E-state index in [2.05, 4.69) is 10.3 Å². The lowest BCUT2D eigenvalue weighted by Gasteiger charge is -2.16. The summed E-state index contributed by atoms with van der Waals surface area (Å²) < 4.78 is 42.7. The van der Waals surface area contributed by atoms with Crippen LogP contribution >= 0.6 is 0 Å². The Labute approximate surface area is 144 Å². The number of aromatic nitrogens is 2. The summed E-state index contributed by atoms with van der Waals surface area (Å²) in [6.07, 6.45) is -4.44. The Morgan fingerprint density at radius 2 is 1.85 bits per heavy atom. The molecule has 0 radical (unpaired) electrons. The standard InChI is InChI=1S/C15H15F3N4O4/c1-7(6-26-9-4-2-8(3-5-9)15(16,17)18)20-13(24)11-10(19)12(23)22-14(25)21-11/h2-5,7H,6,19H2,1H3,(H,20,24)(H2,21,22,23,25)/t7-/m1/s1. The molecule has 140 valence electrons. The minimum absolute atomic E-state index is 0.0650. The number of H-pyrrole nitrogens is 2. The molecule has 0 aliphatic heterocycles. The van der Waals surface area contributed by atoms with E-state index < -0.39 is 40.6 Å². The first-order chi connectivity index (χ1) is 12.1. The van der Waals surface area contributed by atoms with Gasteiger partial charge in [0.2, 0.25) is 0 Å². The number of nitrogens with one attached hydrogen (secondary N) is 3. The highest BCUT2D eigenvalue weighted by Gasteiger charge is 2.30. The van der Waals surface area contributed by atoms with E-state index in [1.165, 1.54) is 0 Å². The van der Waals surface area contributed by atoms with Crippen LogP contribution in [0.15, 0.2) is 33.9 Å². The molecule has 0 bridgehead atoms. The molecule has 8 nitrogen and oxygen atoms in total. The predicted molar refractivity (Wildman–Crippen MR) is 86.0 cm³/mol. The van der Waals surface area contributed by atoms with Gasteiger partial charge in [-0.2, -0.15) is 13.2 Å². The molecule has 0 fully saturated rings. The highest BCUT2D eigenvalue weighted by Crippen LogP contribution is 2.30. The Morgan fingerprint density at radius 1 is 1.23 bits per heavy atom. The average Bonchev–Trinajstić information content (AvgIpc) is 2.55. The van der Waals surface area contributed by atoms with Gasteiger partial charge >= 0.3 is 11.9 Å². The number of benzene rings is 1. The number of ether oxygens (including phenoxy) is 1. The summed E-state index contributed by atoms with van der Waals surface area (Å²) in [4.78, 5) is 38.6. The molecule has 1 aromatic carbocycles. The molecule has 1 atom stereocenters. The predicted octanol–water partition coefficient (Wildman–Crippen LogP) is 0.861. The van der Waals surface area contributed by atoms with Crippen LogP contribution in [0.4, 0.5) is 18.9 Å². The van der Waals surface area contributed by atoms with E-state index in [1.807, 2.05) is 4.98 Å². The molecular formula is C15H15F3N4O4. The van der Waals surface area contributed by atoms with Crippen LogP contribution in [0.1, 0.15) is 23.0 Å². The van der Waals surface area contributed by atoms with E-state index in [0.717, 1.165) is 24.3 Å². The number of hydrogen-bond acceptors (Lipinski definition) is 5. The lowest BCUT2D eigenvalue weighted by atomic mass is 10.2. The van der Waals surface area contributed by atoms with Crippen molar-refractivity contribution >= 4 is 11.6 Å². The number of rotatable bonds is 5. The number of anilines is 1. The summed E-state index contributed by atoms with van der Waals surface area (Å²) in [7, 11) is 0. The van der Waals surface area contributed by atoms with Crippen LogP contribution in [0, 0.1) is 0 Å². The summed E-state index contributed by atoms with van der Waals surface area (Å²) in [5, 5.41) is 2.45. The van der Waals surface area contributed by atoms with E-state index >= 15 is 0 Å². The van der Waals surface area contributed by atoms with Crippen molar-refractivity contribution in [3.8, 4) is 5.75 Å². The Bertz CT molecular complexity index is 903. The second kappa shape index (κ2) is 7.33. The number of aromatic amines is 2. The first-order valence-corrected chi connectivity index (χ1v) is 7.31. The maximum Gasteiger partial charge on any atom is 0.416 e. The third kappa shape index (κ3) is 4.65. The highest BCUT2D eigenvalue weighted by atomic mass is 19.4. The molecule has 2 rings (SSSR count). The van der Waals surface area contributed by atoms with Gasteiger partial charge in [-0.05, 0) is 31.2 Å². The van der Waals surface area contributed by atoms with Gasteiger partial charge in [0.15, 0.2) is 0 Å². The minimum Gasteiger partial charge on any atom is -0.491 e. The number of amides is 1. The average molecular weight is 372 g/mol. The molecule has 0 unspecified atom stereocenters. The number of carbonyl (C=O) groups excluding carboxylic acids is 1. The molecular weight excluding hydrogens is 357 g/mol. The maximum absolute atomic E-state index is 12.5. The molecule has 26 heavy (non-hydrogen) atoms. The summed E-state index contributed by atoms with van der Waals surface area (Å²) in [5.74, 6) is -0.614. The monoisotopic (exact) mass is 372 g/mol. The maximum atomic E-state index is 12.5. The zero-order valence-corrected chi connectivity index (χ0v) is 13.4. The molecule has 5 N–H and O–H groups in total. The highest BCUT2D eigenvalue weighted by molar-refractivity contribution is 5.96. The van der Waals surface area contributed by atoms with Crippen LogP contribution in [-0.2, 0) is 6.18 Å². The molecule has 11 heteroatoms. The van der Waals surface area contributed by atoms with Gasteiger partial charge in [0.1, 0.15) is 23.7 Å². The Hall–Kier alpha value is -3.24. The van der Waals surface area contributed by atoms with Crippen molar-refractivity contribution in [3.63, 3.8) is 0 Å². The molecule has 1 aromatic heterocycles. The SMILES string of the molecule is C[C@H](COc1ccc(C(F)(F)F)cc1)NC(=O)c1[nH]c(=O)[nH]c(=O)c1N. The Balaban J connectivity index is 1.97. The van der Waals surface area contributed by atoms with E-state index in [1.54, 1.807) is 6.92 Å². The molecule has 0 spiro atoms. The van der Waals surface area contributed by atoms with Crippen molar-refractivity contribution in [2.75, 3.05) is 12.3 Å². The van der Waals surface area contributed by atoms with Gasteiger partial charge in [0.25, 0.3) is 11.5 Å². The minimum atomic E-state index is -4.44. The van der Waals surface area contributed by atoms with E-state index in [9.17, 15) is 27.6 Å². The van der Waals surface area contributed by atoms with Crippen molar-refractivity contribution < 1.29 is 22.7 Å². The summed E-state index contributed by atoms with van der Waals surface area (Å²) in [6.45, 7) is 1.49. The van der Waals surface area contributed by atoms with Crippen LogP contribution in [-0.4, -0.2) is 28.5 Å². The van der Waals surface area contributed by atoms with Crippen LogP contribution in [0.5, 0.6) is 5.75 Å². The van der Waals surface area contributed by atoms with Crippen molar-refractivity contribution in [1.82, 2.24) is 15.3 Å². The number of nitrogens with two attached hydrogens (primary N) is 1. The Morgan fingerprint density at radius 3 is 2.42 bits per heavy atom. The number of hydrogen-bond donors (Lipinski definition) is 4. The first kappa shape index (κ1) is 19.1. The molecule has 0 saturated carbocycles.